The van der Waals surface area contributed by atoms with Crippen molar-refractivity contribution in [3.63, 3.8) is 0 Å². The van der Waals surface area contributed by atoms with Gasteiger partial charge in [-0.25, -0.2) is 9.37 Å². The van der Waals surface area contributed by atoms with Gasteiger partial charge in [-0.3, -0.25) is 0 Å². The Morgan fingerprint density at radius 1 is 1.29 bits per heavy atom. The molecule has 0 fully saturated rings. The zero-order valence-electron chi connectivity index (χ0n) is 11.9. The lowest BCUT2D eigenvalue weighted by atomic mass is 10.2. The topological polar surface area (TPSA) is 53.1 Å². The Labute approximate surface area is 122 Å². The zero-order chi connectivity index (χ0) is 15.0. The first-order valence-corrected chi connectivity index (χ1v) is 6.64. The third-order valence-electron chi connectivity index (χ3n) is 3.62. The van der Waals surface area contributed by atoms with Crippen LogP contribution in [0, 0.1) is 5.82 Å². The molecule has 1 aromatic heterocycles. The Kier molecular flexibility index (Phi) is 3.35. The number of ether oxygens (including phenoxy) is 1. The largest absolute Gasteiger partial charge is 0.494 e. The summed E-state index contributed by atoms with van der Waals surface area (Å²) in [4.78, 5) is 4.63. The van der Waals surface area contributed by atoms with E-state index in [2.05, 4.69) is 4.98 Å². The van der Waals surface area contributed by atoms with Crippen molar-refractivity contribution in [1.29, 1.82) is 0 Å². The smallest absolute Gasteiger partial charge is 0.165 e. The predicted molar refractivity (Wildman–Crippen MR) is 80.6 cm³/mol. The number of nitrogens with two attached hydrogens (primary N) is 1. The number of benzene rings is 2. The highest BCUT2D eigenvalue weighted by Crippen LogP contribution is 2.28. The number of aryl methyl sites for hydroxylation is 1. The number of fused-ring (bicyclic) bond motifs is 1. The first-order valence-electron chi connectivity index (χ1n) is 6.64. The minimum absolute atomic E-state index is 0.222. The van der Waals surface area contributed by atoms with E-state index in [9.17, 15) is 4.39 Å². The Hall–Kier alpha value is -2.40. The third kappa shape index (κ3) is 2.15. The SMILES string of the molecule is COc1ccc(-c2nc3c(CN)cccc3n2C)cc1F. The number of halogens is 1. The second kappa shape index (κ2) is 5.18. The quantitative estimate of drug-likeness (QED) is 0.805. The van der Waals surface area contributed by atoms with E-state index in [1.165, 1.54) is 13.2 Å². The lowest BCUT2D eigenvalue weighted by Crippen LogP contribution is -1.97. The monoisotopic (exact) mass is 285 g/mol. The number of aromatic nitrogens is 2. The molecular weight excluding hydrogens is 269 g/mol. The van der Waals surface area contributed by atoms with Crippen LogP contribution in [0.2, 0.25) is 0 Å². The number of hydrogen-bond donors (Lipinski definition) is 1. The maximum absolute atomic E-state index is 13.9. The molecule has 0 amide bonds. The van der Waals surface area contributed by atoms with Crippen LogP contribution in [0.25, 0.3) is 22.4 Å². The lowest BCUT2D eigenvalue weighted by Gasteiger charge is -2.05. The van der Waals surface area contributed by atoms with E-state index in [1.54, 1.807) is 12.1 Å². The number of imidazole rings is 1. The predicted octanol–water partition coefficient (Wildman–Crippen LogP) is 2.85. The molecule has 1 heterocycles. The van der Waals surface area contributed by atoms with Crippen molar-refractivity contribution in [3.8, 4) is 17.1 Å². The molecule has 0 aliphatic heterocycles. The fraction of sp³-hybridized carbons (Fsp3) is 0.188. The van der Waals surface area contributed by atoms with Crippen LogP contribution in [0.4, 0.5) is 4.39 Å². The minimum atomic E-state index is -0.402. The van der Waals surface area contributed by atoms with Gasteiger partial charge in [0, 0.05) is 19.2 Å². The molecule has 21 heavy (non-hydrogen) atoms. The molecule has 5 heteroatoms. The van der Waals surface area contributed by atoms with E-state index in [-0.39, 0.29) is 5.75 Å². The standard InChI is InChI=1S/C16H16FN3O/c1-20-13-5-3-4-11(9-18)15(13)19-16(20)10-6-7-14(21-2)12(17)8-10/h3-8H,9,18H2,1-2H3. The Morgan fingerprint density at radius 3 is 2.76 bits per heavy atom. The molecule has 2 N–H and O–H groups in total. The molecule has 4 nitrogen and oxygen atoms in total. The van der Waals surface area contributed by atoms with E-state index in [0.717, 1.165) is 16.6 Å². The average Bonchev–Trinajstić information content (AvgIpc) is 2.84. The first kappa shape index (κ1) is 13.6. The summed E-state index contributed by atoms with van der Waals surface area (Å²) in [6.45, 7) is 0.421. The fourth-order valence-electron chi connectivity index (χ4n) is 2.50. The Bertz CT molecular complexity index is 811. The van der Waals surface area contributed by atoms with Crippen LogP contribution < -0.4 is 10.5 Å². The van der Waals surface area contributed by atoms with Crippen LogP contribution in [0.1, 0.15) is 5.56 Å². The van der Waals surface area contributed by atoms with Crippen molar-refractivity contribution in [2.45, 2.75) is 6.54 Å². The summed E-state index contributed by atoms with van der Waals surface area (Å²) < 4.78 is 20.8. The molecule has 0 unspecified atom stereocenters. The highest BCUT2D eigenvalue weighted by atomic mass is 19.1. The number of rotatable bonds is 3. The molecule has 0 saturated heterocycles. The van der Waals surface area contributed by atoms with Gasteiger partial charge in [-0.1, -0.05) is 12.1 Å². The van der Waals surface area contributed by atoms with Crippen molar-refractivity contribution in [1.82, 2.24) is 9.55 Å². The molecule has 3 rings (SSSR count). The van der Waals surface area contributed by atoms with Gasteiger partial charge >= 0.3 is 0 Å². The van der Waals surface area contributed by atoms with E-state index in [1.807, 2.05) is 29.8 Å². The van der Waals surface area contributed by atoms with Crippen LogP contribution in [-0.2, 0) is 13.6 Å². The lowest BCUT2D eigenvalue weighted by molar-refractivity contribution is 0.386. The van der Waals surface area contributed by atoms with Crippen LogP contribution in [0.15, 0.2) is 36.4 Å². The maximum Gasteiger partial charge on any atom is 0.165 e. The van der Waals surface area contributed by atoms with Gasteiger partial charge in [0.15, 0.2) is 11.6 Å². The Balaban J connectivity index is 2.21. The van der Waals surface area contributed by atoms with Crippen LogP contribution in [-0.4, -0.2) is 16.7 Å². The molecule has 0 bridgehead atoms. The van der Waals surface area contributed by atoms with Crippen molar-refractivity contribution in [2.24, 2.45) is 12.8 Å². The molecule has 0 aliphatic carbocycles. The van der Waals surface area contributed by atoms with Crippen molar-refractivity contribution < 1.29 is 9.13 Å². The molecule has 0 radical (unpaired) electrons. The summed E-state index contributed by atoms with van der Waals surface area (Å²) in [6.07, 6.45) is 0. The maximum atomic E-state index is 13.9. The van der Waals surface area contributed by atoms with Crippen molar-refractivity contribution >= 4 is 11.0 Å². The van der Waals surface area contributed by atoms with Gasteiger partial charge in [-0.15, -0.1) is 0 Å². The summed E-state index contributed by atoms with van der Waals surface area (Å²) in [7, 11) is 3.35. The van der Waals surface area contributed by atoms with Gasteiger partial charge in [-0.05, 0) is 29.8 Å². The molecule has 108 valence electrons. The van der Waals surface area contributed by atoms with E-state index in [4.69, 9.17) is 10.5 Å². The fourth-order valence-corrected chi connectivity index (χ4v) is 2.50. The van der Waals surface area contributed by atoms with Gasteiger partial charge < -0.3 is 15.0 Å². The zero-order valence-corrected chi connectivity index (χ0v) is 11.9. The highest BCUT2D eigenvalue weighted by molar-refractivity contribution is 5.83. The number of methoxy groups -OCH3 is 1. The number of para-hydroxylation sites is 1. The molecule has 0 aliphatic rings. The van der Waals surface area contributed by atoms with Crippen LogP contribution >= 0.6 is 0 Å². The van der Waals surface area contributed by atoms with Gasteiger partial charge in [0.1, 0.15) is 5.82 Å². The molecule has 0 saturated carbocycles. The summed E-state index contributed by atoms with van der Waals surface area (Å²) in [5, 5.41) is 0. The summed E-state index contributed by atoms with van der Waals surface area (Å²) in [6, 6.07) is 10.7. The summed E-state index contributed by atoms with van der Waals surface area (Å²) in [5.74, 6) is 0.522. The number of nitrogens with zero attached hydrogens (tertiary/aromatic N) is 2. The molecule has 3 aromatic rings. The molecular formula is C16H16FN3O. The third-order valence-corrected chi connectivity index (χ3v) is 3.62. The van der Waals surface area contributed by atoms with Crippen molar-refractivity contribution in [3.05, 3.63) is 47.8 Å². The van der Waals surface area contributed by atoms with Gasteiger partial charge in [0.25, 0.3) is 0 Å². The average molecular weight is 285 g/mol. The minimum Gasteiger partial charge on any atom is -0.494 e. The molecule has 2 aromatic carbocycles. The number of hydrogen-bond acceptors (Lipinski definition) is 3. The molecule has 0 atom stereocenters. The Morgan fingerprint density at radius 2 is 2.10 bits per heavy atom. The van der Waals surface area contributed by atoms with Gasteiger partial charge in [-0.2, -0.15) is 0 Å². The second-order valence-electron chi connectivity index (χ2n) is 4.83. The van der Waals surface area contributed by atoms with E-state index >= 15 is 0 Å². The van der Waals surface area contributed by atoms with Crippen LogP contribution in [0.5, 0.6) is 5.75 Å². The highest BCUT2D eigenvalue weighted by Gasteiger charge is 2.14. The second-order valence-corrected chi connectivity index (χ2v) is 4.83. The van der Waals surface area contributed by atoms with E-state index in [0.29, 0.717) is 17.9 Å². The molecule has 0 spiro atoms. The summed E-state index contributed by atoms with van der Waals surface area (Å²) in [5.41, 5.74) is 9.26. The van der Waals surface area contributed by atoms with Crippen LogP contribution in [0.3, 0.4) is 0 Å². The van der Waals surface area contributed by atoms with Gasteiger partial charge in [0.2, 0.25) is 0 Å². The van der Waals surface area contributed by atoms with E-state index < -0.39 is 5.82 Å². The summed E-state index contributed by atoms with van der Waals surface area (Å²) >= 11 is 0. The van der Waals surface area contributed by atoms with Crippen molar-refractivity contribution in [2.75, 3.05) is 7.11 Å². The normalized spacial score (nSPS) is 11.0. The van der Waals surface area contributed by atoms with Gasteiger partial charge in [0.05, 0.1) is 18.1 Å². The first-order chi connectivity index (χ1) is 10.2.